The monoisotopic (exact) mass is 547 g/mol. The van der Waals surface area contributed by atoms with E-state index in [0.717, 1.165) is 25.8 Å². The van der Waals surface area contributed by atoms with E-state index in [1.807, 2.05) is 0 Å². The van der Waals surface area contributed by atoms with E-state index < -0.39 is 5.91 Å². The highest BCUT2D eigenvalue weighted by molar-refractivity contribution is 6.06. The molecule has 2 heterocycles. The third-order valence-corrected chi connectivity index (χ3v) is 6.81. The highest BCUT2D eigenvalue weighted by atomic mass is 16.3. The first kappa shape index (κ1) is 29.0. The summed E-state index contributed by atoms with van der Waals surface area (Å²) in [6.07, 6.45) is 9.70. The van der Waals surface area contributed by atoms with E-state index in [1.165, 1.54) is 12.1 Å². The van der Waals surface area contributed by atoms with E-state index in [0.29, 0.717) is 40.1 Å². The van der Waals surface area contributed by atoms with Crippen molar-refractivity contribution < 1.29 is 14.7 Å². The van der Waals surface area contributed by atoms with Crippen molar-refractivity contribution in [1.82, 2.24) is 15.6 Å². The number of pyridine rings is 1. The number of rotatable bonds is 9. The number of carbonyl (C=O) groups excluding carboxylic acids is 2. The number of benzene rings is 2. The highest BCUT2D eigenvalue weighted by Crippen LogP contribution is 2.35. The van der Waals surface area contributed by atoms with E-state index in [4.69, 9.17) is 0 Å². The Labute approximate surface area is 240 Å². The third-order valence-electron chi connectivity index (χ3n) is 6.81. The summed E-state index contributed by atoms with van der Waals surface area (Å²) in [5.41, 5.74) is 2.73. The first-order valence-corrected chi connectivity index (χ1v) is 13.6. The fourth-order valence-electron chi connectivity index (χ4n) is 4.74. The lowest BCUT2D eigenvalue weighted by Crippen LogP contribution is -2.43. The summed E-state index contributed by atoms with van der Waals surface area (Å²) in [6.45, 7) is 6.93. The number of carbonyl (C=O) groups is 2. The molecule has 0 saturated carbocycles. The number of phenols is 1. The Hall–Kier alpha value is -5.00. The molecule has 3 aromatic rings. The van der Waals surface area contributed by atoms with Crippen molar-refractivity contribution in [3.8, 4) is 34.2 Å². The van der Waals surface area contributed by atoms with Gasteiger partial charge >= 0.3 is 0 Å². The number of nitrogens with zero attached hydrogens (tertiary/aromatic N) is 2. The fraction of sp³-hybridized carbons (Fsp3) is 0.212. The van der Waals surface area contributed by atoms with Crippen molar-refractivity contribution in [2.24, 2.45) is 0 Å². The molecular formula is C33H33N5O3. The maximum atomic E-state index is 13.1. The fourth-order valence-corrected chi connectivity index (χ4v) is 4.74. The smallest absolute Gasteiger partial charge is 0.256 e. The summed E-state index contributed by atoms with van der Waals surface area (Å²) in [5.74, 6) is -0.659. The summed E-state index contributed by atoms with van der Waals surface area (Å²) in [7, 11) is 0. The number of phenolic OH excluding ortho intramolecular Hbond substituents is 1. The molecule has 1 unspecified atom stereocenters. The first-order chi connectivity index (χ1) is 19.9. The summed E-state index contributed by atoms with van der Waals surface area (Å²) >= 11 is 0. The normalized spacial score (nSPS) is 15.2. The molecule has 0 aliphatic carbocycles. The van der Waals surface area contributed by atoms with Crippen LogP contribution < -0.4 is 16.0 Å². The summed E-state index contributed by atoms with van der Waals surface area (Å²) in [4.78, 5) is 30.7. The lowest BCUT2D eigenvalue weighted by Gasteiger charge is -2.23. The Morgan fingerprint density at radius 3 is 2.71 bits per heavy atom. The summed E-state index contributed by atoms with van der Waals surface area (Å²) < 4.78 is 0. The number of aromatic nitrogens is 1. The molecule has 2 aromatic carbocycles. The van der Waals surface area contributed by atoms with Crippen LogP contribution in [-0.2, 0) is 4.79 Å². The van der Waals surface area contributed by atoms with Gasteiger partial charge in [-0.3, -0.25) is 9.59 Å². The van der Waals surface area contributed by atoms with Crippen LogP contribution in [0, 0.1) is 11.3 Å². The molecule has 8 nitrogen and oxygen atoms in total. The van der Waals surface area contributed by atoms with Gasteiger partial charge in [0.15, 0.2) is 5.82 Å². The van der Waals surface area contributed by atoms with Crippen LogP contribution in [0.3, 0.4) is 0 Å². The molecule has 1 atom stereocenters. The van der Waals surface area contributed by atoms with Gasteiger partial charge < -0.3 is 21.1 Å². The van der Waals surface area contributed by atoms with Crippen LogP contribution in [0.25, 0.3) is 22.4 Å². The molecule has 41 heavy (non-hydrogen) atoms. The van der Waals surface area contributed by atoms with Gasteiger partial charge in [-0.25, -0.2) is 4.98 Å². The first-order valence-electron chi connectivity index (χ1n) is 13.6. The Bertz CT molecular complexity index is 1540. The minimum atomic E-state index is -0.475. The number of aromatic hydroxyl groups is 1. The van der Waals surface area contributed by atoms with Gasteiger partial charge in [0.2, 0.25) is 0 Å². The van der Waals surface area contributed by atoms with Crippen molar-refractivity contribution in [1.29, 1.82) is 5.26 Å². The second-order valence-electron chi connectivity index (χ2n) is 9.66. The lowest BCUT2D eigenvalue weighted by molar-refractivity contribution is -0.112. The predicted octanol–water partition coefficient (Wildman–Crippen LogP) is 5.49. The van der Waals surface area contributed by atoms with Crippen LogP contribution in [0.2, 0.25) is 0 Å². The van der Waals surface area contributed by atoms with Gasteiger partial charge in [0.1, 0.15) is 17.4 Å². The largest absolute Gasteiger partial charge is 0.507 e. The standard InChI is InChI=1S/C33H33N5O3/c1-3-10-22(11-4-2)33(41)38-31-28(20-34)27(19-29(37-31)26-15-5-6-16-30(26)39)23-12-9-13-24(18-23)32(40)36-21-25-14-7-8-17-35-25/h3-6,9-13,15-16,18-19,25,35,39H,1,7-8,14,17,21H2,2H3,(H,36,40)(H,37,38,41)/b11-4-,22-10+. The number of anilines is 1. The average Bonchev–Trinajstić information content (AvgIpc) is 3.00. The van der Waals surface area contributed by atoms with Crippen molar-refractivity contribution >= 4 is 17.6 Å². The Morgan fingerprint density at radius 1 is 1.17 bits per heavy atom. The van der Waals surface area contributed by atoms with Crippen molar-refractivity contribution in [3.63, 3.8) is 0 Å². The maximum Gasteiger partial charge on any atom is 0.256 e. The maximum absolute atomic E-state index is 13.1. The van der Waals surface area contributed by atoms with Crippen molar-refractivity contribution in [2.75, 3.05) is 18.4 Å². The SMILES string of the molecule is C=C/C=C(\C=C/C)C(=O)Nc1nc(-c2ccccc2O)cc(-c2cccc(C(=O)NCC3CCCCN3)c2)c1C#N. The molecule has 1 aliphatic heterocycles. The summed E-state index contributed by atoms with van der Waals surface area (Å²) in [5, 5.41) is 30.0. The second-order valence-corrected chi connectivity index (χ2v) is 9.66. The molecule has 1 aromatic heterocycles. The van der Waals surface area contributed by atoms with Crippen LogP contribution in [-0.4, -0.2) is 41.0 Å². The number of hydrogen-bond acceptors (Lipinski definition) is 6. The number of hydrogen-bond donors (Lipinski definition) is 4. The molecule has 1 fully saturated rings. The predicted molar refractivity (Wildman–Crippen MR) is 161 cm³/mol. The molecule has 0 bridgehead atoms. The Balaban J connectivity index is 1.76. The van der Waals surface area contributed by atoms with Crippen molar-refractivity contribution in [3.05, 3.63) is 102 Å². The van der Waals surface area contributed by atoms with E-state index in [-0.39, 0.29) is 29.1 Å². The van der Waals surface area contributed by atoms with E-state index in [9.17, 15) is 20.0 Å². The van der Waals surface area contributed by atoms with E-state index in [1.54, 1.807) is 73.7 Å². The zero-order valence-electron chi connectivity index (χ0n) is 23.0. The number of nitrogens with one attached hydrogen (secondary N) is 3. The van der Waals surface area contributed by atoms with E-state index in [2.05, 4.69) is 33.6 Å². The van der Waals surface area contributed by atoms with Crippen molar-refractivity contribution in [2.45, 2.75) is 32.2 Å². The highest BCUT2D eigenvalue weighted by Gasteiger charge is 2.20. The van der Waals surface area contributed by atoms with Gasteiger partial charge in [-0.15, -0.1) is 0 Å². The van der Waals surface area contributed by atoms with E-state index >= 15 is 0 Å². The molecule has 0 radical (unpaired) electrons. The zero-order chi connectivity index (χ0) is 29.2. The van der Waals surface area contributed by atoms with Crippen LogP contribution in [0.15, 0.2) is 91.1 Å². The molecule has 8 heteroatoms. The molecule has 208 valence electrons. The van der Waals surface area contributed by atoms with Crippen LogP contribution >= 0.6 is 0 Å². The zero-order valence-corrected chi connectivity index (χ0v) is 23.0. The number of allylic oxidation sites excluding steroid dienone is 3. The summed E-state index contributed by atoms with van der Waals surface area (Å²) in [6, 6.07) is 17.8. The minimum Gasteiger partial charge on any atom is -0.507 e. The molecule has 1 saturated heterocycles. The van der Waals surface area contributed by atoms with Crippen LogP contribution in [0.4, 0.5) is 5.82 Å². The molecule has 4 N–H and O–H groups in total. The Morgan fingerprint density at radius 2 is 2.00 bits per heavy atom. The third kappa shape index (κ3) is 7.15. The number of nitriles is 1. The second kappa shape index (κ2) is 13.9. The van der Waals surface area contributed by atoms with Gasteiger partial charge in [0, 0.05) is 34.9 Å². The average molecular weight is 548 g/mol. The topological polar surface area (TPSA) is 127 Å². The Kier molecular flexibility index (Phi) is 9.81. The van der Waals surface area contributed by atoms with Crippen LogP contribution in [0.5, 0.6) is 5.75 Å². The molecular weight excluding hydrogens is 514 g/mol. The van der Waals surface area contributed by atoms with Gasteiger partial charge in [-0.2, -0.15) is 5.26 Å². The number of para-hydroxylation sites is 1. The molecule has 4 rings (SSSR count). The quantitative estimate of drug-likeness (QED) is 0.207. The minimum absolute atomic E-state index is 0.00135. The van der Waals surface area contributed by atoms with Gasteiger partial charge in [0.05, 0.1) is 5.69 Å². The number of amides is 2. The van der Waals surface area contributed by atoms with Gasteiger partial charge in [-0.05, 0) is 62.2 Å². The van der Waals surface area contributed by atoms with Crippen LogP contribution in [0.1, 0.15) is 42.1 Å². The lowest BCUT2D eigenvalue weighted by atomic mass is 9.96. The van der Waals surface area contributed by atoms with Gasteiger partial charge in [0.25, 0.3) is 11.8 Å². The molecule has 1 aliphatic rings. The molecule has 0 spiro atoms. The molecule has 2 amide bonds. The van der Waals surface area contributed by atoms with Gasteiger partial charge in [-0.1, -0.05) is 61.6 Å². The number of piperidine rings is 1.